The van der Waals surface area contributed by atoms with E-state index in [0.717, 1.165) is 19.3 Å². The predicted octanol–water partition coefficient (Wildman–Crippen LogP) is 3.60. The maximum absolute atomic E-state index is 11.4. The Bertz CT molecular complexity index is 252. The van der Waals surface area contributed by atoms with Crippen LogP contribution in [0.1, 0.15) is 70.6 Å². The van der Waals surface area contributed by atoms with E-state index in [1.165, 1.54) is 44.9 Å². The van der Waals surface area contributed by atoms with Crippen molar-refractivity contribution in [2.45, 2.75) is 82.8 Å². The fourth-order valence-corrected chi connectivity index (χ4v) is 2.73. The number of cyclic esters (lactones) is 1. The molecule has 0 radical (unpaired) electrons. The zero-order chi connectivity index (χ0) is 12.6. The maximum Gasteiger partial charge on any atom is 0.305 e. The highest BCUT2D eigenvalue weighted by Crippen LogP contribution is 2.31. The van der Waals surface area contributed by atoms with Crippen LogP contribution in [0.2, 0.25) is 0 Å². The van der Waals surface area contributed by atoms with E-state index in [4.69, 9.17) is 9.47 Å². The molecule has 18 heavy (non-hydrogen) atoms. The fourth-order valence-electron chi connectivity index (χ4n) is 2.73. The maximum atomic E-state index is 11.4. The molecule has 0 spiro atoms. The lowest BCUT2D eigenvalue weighted by molar-refractivity contribution is -0.143. The molecular weight excluding hydrogens is 228 g/mol. The van der Waals surface area contributed by atoms with Gasteiger partial charge in [0.25, 0.3) is 0 Å². The molecular formula is C15H26O3. The van der Waals surface area contributed by atoms with Crippen molar-refractivity contribution in [2.24, 2.45) is 0 Å². The number of hydrogen-bond donors (Lipinski definition) is 0. The van der Waals surface area contributed by atoms with Crippen LogP contribution in [-0.2, 0) is 14.3 Å². The van der Waals surface area contributed by atoms with Gasteiger partial charge >= 0.3 is 5.97 Å². The minimum atomic E-state index is -0.0182. The molecule has 3 heteroatoms. The molecule has 0 aromatic heterocycles. The van der Waals surface area contributed by atoms with Crippen LogP contribution in [0.3, 0.4) is 0 Å². The molecule has 0 aliphatic carbocycles. The topological polar surface area (TPSA) is 38.8 Å². The average Bonchev–Trinajstić information content (AvgIpc) is 3.10. The molecule has 0 amide bonds. The lowest BCUT2D eigenvalue weighted by Crippen LogP contribution is -2.07. The van der Waals surface area contributed by atoms with Gasteiger partial charge in [-0.05, 0) is 25.7 Å². The van der Waals surface area contributed by atoms with E-state index in [2.05, 4.69) is 0 Å². The van der Waals surface area contributed by atoms with Crippen LogP contribution >= 0.6 is 0 Å². The lowest BCUT2D eigenvalue weighted by Gasteiger charge is -2.05. The SMILES string of the molecule is O=C1CCCCCCCCC[C@H]2O[C@H]2CCCO1. The van der Waals surface area contributed by atoms with E-state index >= 15 is 0 Å². The van der Waals surface area contributed by atoms with Crippen molar-refractivity contribution in [3.8, 4) is 0 Å². The van der Waals surface area contributed by atoms with Crippen molar-refractivity contribution < 1.29 is 14.3 Å². The molecule has 2 aliphatic rings. The number of carbonyl (C=O) groups is 1. The van der Waals surface area contributed by atoms with Crippen molar-refractivity contribution in [3.63, 3.8) is 0 Å². The first-order chi connectivity index (χ1) is 8.86. The van der Waals surface area contributed by atoms with Gasteiger partial charge in [0.2, 0.25) is 0 Å². The van der Waals surface area contributed by atoms with E-state index in [0.29, 0.717) is 25.2 Å². The molecule has 0 saturated carbocycles. The van der Waals surface area contributed by atoms with Crippen LogP contribution in [0.15, 0.2) is 0 Å². The number of carbonyl (C=O) groups excluding carboxylic acids is 1. The Hall–Kier alpha value is -0.570. The third kappa shape index (κ3) is 5.38. The molecule has 2 rings (SSSR count). The van der Waals surface area contributed by atoms with Gasteiger partial charge in [-0.15, -0.1) is 0 Å². The molecule has 2 saturated heterocycles. The van der Waals surface area contributed by atoms with Crippen LogP contribution in [0.4, 0.5) is 0 Å². The highest BCUT2D eigenvalue weighted by atomic mass is 16.6. The van der Waals surface area contributed by atoms with Crippen molar-refractivity contribution in [1.29, 1.82) is 0 Å². The third-order valence-corrected chi connectivity index (χ3v) is 3.95. The summed E-state index contributed by atoms with van der Waals surface area (Å²) in [6, 6.07) is 0. The van der Waals surface area contributed by atoms with Crippen molar-refractivity contribution >= 4 is 5.97 Å². The Morgan fingerprint density at radius 3 is 2.17 bits per heavy atom. The minimum Gasteiger partial charge on any atom is -0.466 e. The van der Waals surface area contributed by atoms with E-state index in [9.17, 15) is 4.79 Å². The predicted molar refractivity (Wildman–Crippen MR) is 70.4 cm³/mol. The summed E-state index contributed by atoms with van der Waals surface area (Å²) < 4.78 is 10.8. The van der Waals surface area contributed by atoms with E-state index in [1.54, 1.807) is 0 Å². The summed E-state index contributed by atoms with van der Waals surface area (Å²) in [4.78, 5) is 11.4. The van der Waals surface area contributed by atoms with Crippen LogP contribution in [-0.4, -0.2) is 24.8 Å². The molecule has 0 aromatic carbocycles. The summed E-state index contributed by atoms with van der Waals surface area (Å²) in [5.74, 6) is -0.0182. The van der Waals surface area contributed by atoms with Gasteiger partial charge in [-0.3, -0.25) is 4.79 Å². The number of epoxide rings is 1. The molecule has 0 N–H and O–H groups in total. The van der Waals surface area contributed by atoms with Gasteiger partial charge in [0.05, 0.1) is 18.8 Å². The Morgan fingerprint density at radius 2 is 1.39 bits per heavy atom. The van der Waals surface area contributed by atoms with Crippen LogP contribution in [0.25, 0.3) is 0 Å². The number of hydrogen-bond acceptors (Lipinski definition) is 3. The molecule has 3 nitrogen and oxygen atoms in total. The normalized spacial score (nSPS) is 32.3. The highest BCUT2D eigenvalue weighted by molar-refractivity contribution is 5.69. The zero-order valence-electron chi connectivity index (χ0n) is 11.4. The number of esters is 1. The standard InChI is InChI=1S/C15H26O3/c16-15-11-7-5-3-1-2-4-6-9-13-14(18-13)10-8-12-17-15/h13-14H,1-12H2/t13-,14+/m1/s1. The van der Waals surface area contributed by atoms with Gasteiger partial charge in [-0.1, -0.05) is 38.5 Å². The van der Waals surface area contributed by atoms with E-state index < -0.39 is 0 Å². The first-order valence-electron chi connectivity index (χ1n) is 7.67. The fraction of sp³-hybridized carbons (Fsp3) is 0.933. The molecule has 0 bridgehead atoms. The van der Waals surface area contributed by atoms with Gasteiger partial charge in [0, 0.05) is 6.42 Å². The van der Waals surface area contributed by atoms with E-state index in [-0.39, 0.29) is 5.97 Å². The Labute approximate surface area is 110 Å². The first kappa shape index (κ1) is 13.9. The van der Waals surface area contributed by atoms with Gasteiger partial charge in [0.1, 0.15) is 0 Å². The monoisotopic (exact) mass is 254 g/mol. The number of ether oxygens (including phenoxy) is 2. The van der Waals surface area contributed by atoms with Crippen molar-refractivity contribution in [3.05, 3.63) is 0 Å². The number of rotatable bonds is 0. The van der Waals surface area contributed by atoms with Crippen molar-refractivity contribution in [1.82, 2.24) is 0 Å². The van der Waals surface area contributed by atoms with E-state index in [1.807, 2.05) is 0 Å². The lowest BCUT2D eigenvalue weighted by atomic mass is 10.0. The molecule has 0 unspecified atom stereocenters. The summed E-state index contributed by atoms with van der Waals surface area (Å²) in [5.41, 5.74) is 0. The molecule has 2 aliphatic heterocycles. The van der Waals surface area contributed by atoms with Crippen LogP contribution in [0.5, 0.6) is 0 Å². The molecule has 2 fully saturated rings. The summed E-state index contributed by atoms with van der Waals surface area (Å²) in [6.45, 7) is 0.575. The van der Waals surface area contributed by atoms with Crippen molar-refractivity contribution in [2.75, 3.05) is 6.61 Å². The largest absolute Gasteiger partial charge is 0.466 e. The van der Waals surface area contributed by atoms with Crippen LogP contribution < -0.4 is 0 Å². The summed E-state index contributed by atoms with van der Waals surface area (Å²) >= 11 is 0. The molecule has 2 heterocycles. The number of fused-ring (bicyclic) bond motifs is 1. The zero-order valence-corrected chi connectivity index (χ0v) is 11.4. The molecule has 0 aromatic rings. The van der Waals surface area contributed by atoms with Gasteiger partial charge in [0.15, 0.2) is 0 Å². The van der Waals surface area contributed by atoms with Gasteiger partial charge in [-0.2, -0.15) is 0 Å². The second kappa shape index (κ2) is 7.78. The summed E-state index contributed by atoms with van der Waals surface area (Å²) in [5, 5.41) is 0. The second-order valence-corrected chi connectivity index (χ2v) is 5.59. The highest BCUT2D eigenvalue weighted by Gasteiger charge is 2.36. The minimum absolute atomic E-state index is 0.0182. The molecule has 104 valence electrons. The Morgan fingerprint density at radius 1 is 0.778 bits per heavy atom. The smallest absolute Gasteiger partial charge is 0.305 e. The van der Waals surface area contributed by atoms with Crippen LogP contribution in [0, 0.1) is 0 Å². The molecule has 2 atom stereocenters. The summed E-state index contributed by atoms with van der Waals surface area (Å²) in [7, 11) is 0. The Kier molecular flexibility index (Phi) is 5.98. The third-order valence-electron chi connectivity index (χ3n) is 3.95. The van der Waals surface area contributed by atoms with Gasteiger partial charge in [-0.25, -0.2) is 0 Å². The summed E-state index contributed by atoms with van der Waals surface area (Å²) in [6.07, 6.45) is 13.5. The first-order valence-corrected chi connectivity index (χ1v) is 7.67. The quantitative estimate of drug-likeness (QED) is 0.489. The Balaban J connectivity index is 1.64. The second-order valence-electron chi connectivity index (χ2n) is 5.59. The van der Waals surface area contributed by atoms with Gasteiger partial charge < -0.3 is 9.47 Å². The average molecular weight is 254 g/mol.